The van der Waals surface area contributed by atoms with Crippen LogP contribution in [0.1, 0.15) is 6.92 Å². The van der Waals surface area contributed by atoms with Crippen molar-refractivity contribution >= 4 is 34.3 Å². The number of anilines is 1. The maximum absolute atomic E-state index is 11.7. The van der Waals surface area contributed by atoms with Crippen molar-refractivity contribution in [3.8, 4) is 11.5 Å². The van der Waals surface area contributed by atoms with Crippen LogP contribution in [0, 0.1) is 3.57 Å². The molecule has 0 aliphatic rings. The Kier molecular flexibility index (Phi) is 6.32. The van der Waals surface area contributed by atoms with E-state index in [0.29, 0.717) is 12.4 Å². The van der Waals surface area contributed by atoms with Crippen LogP contribution in [-0.2, 0) is 0 Å². The summed E-state index contributed by atoms with van der Waals surface area (Å²) in [7, 11) is 0. The van der Waals surface area contributed by atoms with E-state index in [1.54, 1.807) is 12.1 Å². The molecule has 116 valence electrons. The Hall–Kier alpha value is -1.96. The highest BCUT2D eigenvalue weighted by atomic mass is 127. The number of carbonyl (C=O) groups is 1. The number of carbonyl (C=O) groups excluding carboxylic acids is 1. The fourth-order valence-electron chi connectivity index (χ4n) is 1.69. The number of nitrogens with one attached hydrogen (secondary N) is 2. The summed E-state index contributed by atoms with van der Waals surface area (Å²) in [6.45, 7) is 2.64. The minimum atomic E-state index is -0.313. The first-order chi connectivity index (χ1) is 10.7. The molecular formula is C16H17IN2O3. The van der Waals surface area contributed by atoms with Gasteiger partial charge in [0.15, 0.2) is 6.73 Å². The van der Waals surface area contributed by atoms with Crippen molar-refractivity contribution in [1.82, 2.24) is 5.32 Å². The van der Waals surface area contributed by atoms with Gasteiger partial charge >= 0.3 is 6.03 Å². The molecule has 5 nitrogen and oxygen atoms in total. The summed E-state index contributed by atoms with van der Waals surface area (Å²) in [5.41, 5.74) is 0.735. The quantitative estimate of drug-likeness (QED) is 0.560. The van der Waals surface area contributed by atoms with Gasteiger partial charge in [-0.3, -0.25) is 0 Å². The van der Waals surface area contributed by atoms with Crippen LogP contribution in [-0.4, -0.2) is 19.4 Å². The van der Waals surface area contributed by atoms with E-state index < -0.39 is 0 Å². The lowest BCUT2D eigenvalue weighted by Gasteiger charge is -2.10. The van der Waals surface area contributed by atoms with Crippen LogP contribution >= 0.6 is 22.6 Å². The molecule has 2 N–H and O–H groups in total. The van der Waals surface area contributed by atoms with Crippen LogP contribution in [0.25, 0.3) is 0 Å². The topological polar surface area (TPSA) is 59.6 Å². The Morgan fingerprint density at radius 3 is 2.18 bits per heavy atom. The Labute approximate surface area is 143 Å². The van der Waals surface area contributed by atoms with Gasteiger partial charge < -0.3 is 20.1 Å². The molecule has 0 saturated carbocycles. The highest BCUT2D eigenvalue weighted by Crippen LogP contribution is 2.17. The first kappa shape index (κ1) is 16.4. The number of halogens is 1. The molecular weight excluding hydrogens is 395 g/mol. The summed E-state index contributed by atoms with van der Waals surface area (Å²) >= 11 is 2.21. The van der Waals surface area contributed by atoms with Gasteiger partial charge in [0.2, 0.25) is 0 Å². The molecule has 0 fully saturated rings. The van der Waals surface area contributed by atoms with E-state index in [0.717, 1.165) is 15.0 Å². The zero-order valence-electron chi connectivity index (χ0n) is 12.1. The van der Waals surface area contributed by atoms with E-state index in [1.165, 1.54) is 0 Å². The average molecular weight is 412 g/mol. The second-order valence-corrected chi connectivity index (χ2v) is 5.58. The lowest BCUT2D eigenvalue weighted by Crippen LogP contribution is -2.31. The molecule has 0 radical (unpaired) electrons. The van der Waals surface area contributed by atoms with Crippen molar-refractivity contribution in [3.05, 3.63) is 52.1 Å². The minimum absolute atomic E-state index is 0.0875. The predicted molar refractivity (Wildman–Crippen MR) is 94.4 cm³/mol. The Morgan fingerprint density at radius 1 is 1.00 bits per heavy atom. The van der Waals surface area contributed by atoms with Gasteiger partial charge in [-0.15, -0.1) is 0 Å². The number of rotatable bonds is 6. The summed E-state index contributed by atoms with van der Waals surface area (Å²) in [5.74, 6) is 1.46. The van der Waals surface area contributed by atoms with E-state index in [-0.39, 0.29) is 12.8 Å². The molecule has 0 unspecified atom stereocenters. The number of urea groups is 1. The standard InChI is InChI=1S/C16H17IN2O3/c1-2-21-14-7-9-15(10-8-14)22-11-18-16(20)19-13-5-3-12(17)4-6-13/h3-10H,2,11H2,1H3,(H2,18,19,20). The maximum atomic E-state index is 11.7. The molecule has 0 atom stereocenters. The van der Waals surface area contributed by atoms with Gasteiger partial charge in [0.1, 0.15) is 11.5 Å². The van der Waals surface area contributed by atoms with Crippen LogP contribution in [0.5, 0.6) is 11.5 Å². The predicted octanol–water partition coefficient (Wildman–Crippen LogP) is 3.85. The second kappa shape index (κ2) is 8.47. The fraction of sp³-hybridized carbons (Fsp3) is 0.188. The highest BCUT2D eigenvalue weighted by Gasteiger charge is 2.01. The van der Waals surface area contributed by atoms with Gasteiger partial charge in [-0.25, -0.2) is 4.79 Å². The smallest absolute Gasteiger partial charge is 0.321 e. The lowest BCUT2D eigenvalue weighted by atomic mass is 10.3. The van der Waals surface area contributed by atoms with Crippen LogP contribution < -0.4 is 20.1 Å². The van der Waals surface area contributed by atoms with Crippen LogP contribution in [0.15, 0.2) is 48.5 Å². The van der Waals surface area contributed by atoms with Crippen molar-refractivity contribution < 1.29 is 14.3 Å². The third-order valence-electron chi connectivity index (χ3n) is 2.71. The molecule has 2 rings (SSSR count). The Bertz CT molecular complexity index is 600. The minimum Gasteiger partial charge on any atom is -0.494 e. The van der Waals surface area contributed by atoms with Crippen molar-refractivity contribution in [2.24, 2.45) is 0 Å². The molecule has 0 heterocycles. The molecule has 0 saturated heterocycles. The number of amides is 2. The fourth-order valence-corrected chi connectivity index (χ4v) is 2.05. The third-order valence-corrected chi connectivity index (χ3v) is 3.43. The monoisotopic (exact) mass is 412 g/mol. The number of benzene rings is 2. The molecule has 2 aromatic rings. The molecule has 0 aliphatic heterocycles. The van der Waals surface area contributed by atoms with E-state index in [4.69, 9.17) is 9.47 Å². The van der Waals surface area contributed by atoms with E-state index in [1.807, 2.05) is 43.3 Å². The second-order valence-electron chi connectivity index (χ2n) is 4.33. The van der Waals surface area contributed by atoms with Crippen molar-refractivity contribution in [1.29, 1.82) is 0 Å². The van der Waals surface area contributed by atoms with Gasteiger partial charge in [0.05, 0.1) is 6.61 Å². The summed E-state index contributed by atoms with van der Waals surface area (Å²) in [5, 5.41) is 5.36. The Balaban J connectivity index is 1.73. The van der Waals surface area contributed by atoms with E-state index >= 15 is 0 Å². The van der Waals surface area contributed by atoms with Crippen molar-refractivity contribution in [2.75, 3.05) is 18.7 Å². The first-order valence-electron chi connectivity index (χ1n) is 6.83. The SMILES string of the molecule is CCOc1ccc(OCNC(=O)Nc2ccc(I)cc2)cc1. The number of ether oxygens (including phenoxy) is 2. The van der Waals surface area contributed by atoms with E-state index in [9.17, 15) is 4.79 Å². The van der Waals surface area contributed by atoms with Gasteiger partial charge in [0, 0.05) is 9.26 Å². The normalized spacial score (nSPS) is 9.91. The molecule has 0 aromatic heterocycles. The number of hydrogen-bond acceptors (Lipinski definition) is 3. The van der Waals surface area contributed by atoms with Gasteiger partial charge in [-0.1, -0.05) is 0 Å². The average Bonchev–Trinajstić information content (AvgIpc) is 2.52. The van der Waals surface area contributed by atoms with Crippen molar-refractivity contribution in [3.63, 3.8) is 0 Å². The molecule has 22 heavy (non-hydrogen) atoms. The summed E-state index contributed by atoms with van der Waals surface area (Å²) in [4.78, 5) is 11.7. The largest absolute Gasteiger partial charge is 0.494 e. The first-order valence-corrected chi connectivity index (χ1v) is 7.91. The van der Waals surface area contributed by atoms with Crippen LogP contribution in [0.4, 0.5) is 10.5 Å². The molecule has 0 aliphatic carbocycles. The van der Waals surface area contributed by atoms with Gasteiger partial charge in [-0.05, 0) is 78.0 Å². The lowest BCUT2D eigenvalue weighted by molar-refractivity contribution is 0.234. The zero-order valence-corrected chi connectivity index (χ0v) is 14.3. The van der Waals surface area contributed by atoms with E-state index in [2.05, 4.69) is 33.2 Å². The van der Waals surface area contributed by atoms with Gasteiger partial charge in [-0.2, -0.15) is 0 Å². The van der Waals surface area contributed by atoms with Crippen LogP contribution in [0.3, 0.4) is 0 Å². The van der Waals surface area contributed by atoms with Gasteiger partial charge in [0.25, 0.3) is 0 Å². The zero-order chi connectivity index (χ0) is 15.8. The molecule has 0 spiro atoms. The number of hydrogen-bond donors (Lipinski definition) is 2. The Morgan fingerprint density at radius 2 is 1.59 bits per heavy atom. The molecule has 6 heteroatoms. The molecule has 2 aromatic carbocycles. The summed E-state index contributed by atoms with van der Waals surface area (Å²) in [6, 6.07) is 14.5. The molecule has 0 bridgehead atoms. The maximum Gasteiger partial charge on any atom is 0.321 e. The summed E-state index contributed by atoms with van der Waals surface area (Å²) < 4.78 is 11.9. The molecule has 2 amide bonds. The highest BCUT2D eigenvalue weighted by molar-refractivity contribution is 14.1. The summed E-state index contributed by atoms with van der Waals surface area (Å²) in [6.07, 6.45) is 0. The van der Waals surface area contributed by atoms with Crippen molar-refractivity contribution in [2.45, 2.75) is 6.92 Å². The van der Waals surface area contributed by atoms with Crippen LogP contribution in [0.2, 0.25) is 0 Å². The third kappa shape index (κ3) is 5.44.